The second-order valence-corrected chi connectivity index (χ2v) is 6.92. The minimum Gasteiger partial charge on any atom is -0.475 e. The van der Waals surface area contributed by atoms with Crippen molar-refractivity contribution in [2.45, 2.75) is 24.0 Å². The maximum absolute atomic E-state index is 12.6. The van der Waals surface area contributed by atoms with Crippen LogP contribution in [0.3, 0.4) is 0 Å². The molecule has 2 fully saturated rings. The summed E-state index contributed by atoms with van der Waals surface area (Å²) in [5.74, 6) is -2.23. The molecule has 9 heteroatoms. The average Bonchev–Trinajstić information content (AvgIpc) is 3.06. The van der Waals surface area contributed by atoms with Gasteiger partial charge in [0, 0.05) is 13.1 Å². The lowest BCUT2D eigenvalue weighted by Crippen LogP contribution is -2.48. The monoisotopic (exact) mass is 314 g/mol. The van der Waals surface area contributed by atoms with Crippen molar-refractivity contribution in [2.75, 3.05) is 13.1 Å². The number of carbonyl (C=O) groups excluding carboxylic acids is 1. The Kier molecular flexibility index (Phi) is 3.25. The quantitative estimate of drug-likeness (QED) is 0.803. The number of rotatable bonds is 3. The first-order valence-corrected chi connectivity index (χ1v) is 7.98. The Balaban J connectivity index is 1.93. The molecule has 2 atom stereocenters. The van der Waals surface area contributed by atoms with E-state index in [4.69, 9.17) is 9.52 Å². The van der Waals surface area contributed by atoms with E-state index in [1.54, 1.807) is 0 Å². The van der Waals surface area contributed by atoms with Crippen molar-refractivity contribution >= 4 is 21.9 Å². The fourth-order valence-corrected chi connectivity index (χ4v) is 4.51. The molecule has 0 bridgehead atoms. The van der Waals surface area contributed by atoms with Gasteiger partial charge in [-0.05, 0) is 25.0 Å². The number of aromatic carboxylic acids is 1. The Hall–Kier alpha value is -1.87. The van der Waals surface area contributed by atoms with E-state index in [0.29, 0.717) is 19.4 Å². The second-order valence-electron chi connectivity index (χ2n) is 5.10. The first-order valence-electron chi connectivity index (χ1n) is 6.54. The van der Waals surface area contributed by atoms with Crippen molar-refractivity contribution in [1.29, 1.82) is 0 Å². The molecule has 1 aromatic rings. The molecule has 0 spiro atoms. The standard InChI is InChI=1S/C12H14N2O6S/c15-11-7-2-1-5-14(8(7)6-13-11)21(18,19)10-4-3-9(20-10)12(16)17/h3-4,7-8H,1-2,5-6H2,(H,13,15)(H,16,17). The van der Waals surface area contributed by atoms with Crippen LogP contribution in [0.2, 0.25) is 0 Å². The second kappa shape index (κ2) is 4.85. The minimum atomic E-state index is -3.94. The Labute approximate surface area is 120 Å². The summed E-state index contributed by atoms with van der Waals surface area (Å²) in [5, 5.41) is 11.1. The van der Waals surface area contributed by atoms with Gasteiger partial charge in [-0.1, -0.05) is 0 Å². The van der Waals surface area contributed by atoms with Crippen LogP contribution in [0.4, 0.5) is 0 Å². The van der Waals surface area contributed by atoms with Crippen molar-refractivity contribution < 1.29 is 27.5 Å². The van der Waals surface area contributed by atoms with E-state index in [9.17, 15) is 18.0 Å². The molecule has 2 saturated heterocycles. The van der Waals surface area contributed by atoms with Crippen molar-refractivity contribution in [1.82, 2.24) is 9.62 Å². The molecular weight excluding hydrogens is 300 g/mol. The van der Waals surface area contributed by atoms with Gasteiger partial charge in [-0.25, -0.2) is 13.2 Å². The molecule has 2 N–H and O–H groups in total. The van der Waals surface area contributed by atoms with Crippen LogP contribution in [0.5, 0.6) is 0 Å². The molecular formula is C12H14N2O6S. The van der Waals surface area contributed by atoms with Gasteiger partial charge in [0.05, 0.1) is 12.0 Å². The van der Waals surface area contributed by atoms with E-state index in [0.717, 1.165) is 12.1 Å². The number of nitrogens with one attached hydrogen (secondary N) is 1. The lowest BCUT2D eigenvalue weighted by Gasteiger charge is -2.33. The van der Waals surface area contributed by atoms with Crippen LogP contribution in [0.25, 0.3) is 0 Å². The van der Waals surface area contributed by atoms with Crippen LogP contribution in [-0.2, 0) is 14.8 Å². The number of nitrogens with zero attached hydrogens (tertiary/aromatic N) is 1. The molecule has 2 unspecified atom stereocenters. The topological polar surface area (TPSA) is 117 Å². The van der Waals surface area contributed by atoms with Crippen LogP contribution < -0.4 is 5.32 Å². The summed E-state index contributed by atoms with van der Waals surface area (Å²) in [6.45, 7) is 0.566. The number of sulfonamides is 1. The average molecular weight is 314 g/mol. The highest BCUT2D eigenvalue weighted by molar-refractivity contribution is 7.89. The van der Waals surface area contributed by atoms with Gasteiger partial charge in [0.25, 0.3) is 10.0 Å². The van der Waals surface area contributed by atoms with Gasteiger partial charge in [0.15, 0.2) is 0 Å². The Morgan fingerprint density at radius 2 is 2.19 bits per heavy atom. The molecule has 0 aliphatic carbocycles. The van der Waals surface area contributed by atoms with Crippen molar-refractivity contribution in [3.05, 3.63) is 17.9 Å². The lowest BCUT2D eigenvalue weighted by molar-refractivity contribution is -0.123. The molecule has 114 valence electrons. The van der Waals surface area contributed by atoms with E-state index in [-0.39, 0.29) is 18.4 Å². The maximum Gasteiger partial charge on any atom is 0.371 e. The summed E-state index contributed by atoms with van der Waals surface area (Å²) in [7, 11) is -3.94. The van der Waals surface area contributed by atoms with Gasteiger partial charge < -0.3 is 14.8 Å². The number of carboxylic acids is 1. The highest BCUT2D eigenvalue weighted by Gasteiger charge is 2.46. The third kappa shape index (κ3) is 2.22. The lowest BCUT2D eigenvalue weighted by atomic mass is 9.93. The predicted octanol–water partition coefficient (Wildman–Crippen LogP) is -0.123. The molecule has 21 heavy (non-hydrogen) atoms. The van der Waals surface area contributed by atoms with E-state index in [1.807, 2.05) is 0 Å². The van der Waals surface area contributed by atoms with E-state index < -0.39 is 32.9 Å². The zero-order valence-corrected chi connectivity index (χ0v) is 11.8. The number of amides is 1. The molecule has 2 aliphatic heterocycles. The van der Waals surface area contributed by atoms with Crippen LogP contribution >= 0.6 is 0 Å². The molecule has 1 aromatic heterocycles. The molecule has 8 nitrogen and oxygen atoms in total. The Bertz CT molecular complexity index is 694. The molecule has 1 amide bonds. The number of furan rings is 1. The minimum absolute atomic E-state index is 0.134. The SMILES string of the molecule is O=C(O)c1ccc(S(=O)(=O)N2CCCC3C(=O)NCC32)o1. The first-order chi connectivity index (χ1) is 9.91. The number of fused-ring (bicyclic) bond motifs is 1. The molecule has 0 aromatic carbocycles. The normalized spacial score (nSPS) is 26.4. The molecule has 0 saturated carbocycles. The van der Waals surface area contributed by atoms with Crippen LogP contribution in [0, 0.1) is 5.92 Å². The van der Waals surface area contributed by atoms with Gasteiger partial charge in [-0.3, -0.25) is 4.79 Å². The smallest absolute Gasteiger partial charge is 0.371 e. The first kappa shape index (κ1) is 14.1. The Morgan fingerprint density at radius 1 is 1.43 bits per heavy atom. The maximum atomic E-state index is 12.6. The molecule has 2 aliphatic rings. The van der Waals surface area contributed by atoms with Crippen LogP contribution in [-0.4, -0.2) is 48.8 Å². The summed E-state index contributed by atoms with van der Waals surface area (Å²) in [6.07, 6.45) is 1.24. The summed E-state index contributed by atoms with van der Waals surface area (Å²) >= 11 is 0. The number of carbonyl (C=O) groups is 2. The van der Waals surface area contributed by atoms with Crippen molar-refractivity contribution in [2.24, 2.45) is 5.92 Å². The summed E-state index contributed by atoms with van der Waals surface area (Å²) < 4.78 is 31.3. The van der Waals surface area contributed by atoms with Gasteiger partial charge >= 0.3 is 5.97 Å². The van der Waals surface area contributed by atoms with E-state index in [1.165, 1.54) is 4.31 Å². The van der Waals surface area contributed by atoms with Crippen molar-refractivity contribution in [3.8, 4) is 0 Å². The highest BCUT2D eigenvalue weighted by Crippen LogP contribution is 2.32. The van der Waals surface area contributed by atoms with E-state index in [2.05, 4.69) is 5.32 Å². The third-order valence-electron chi connectivity index (χ3n) is 3.91. The predicted molar refractivity (Wildman–Crippen MR) is 69.1 cm³/mol. The van der Waals surface area contributed by atoms with Gasteiger partial charge in [0.2, 0.25) is 16.8 Å². The molecule has 3 heterocycles. The fourth-order valence-electron chi connectivity index (χ4n) is 2.90. The summed E-state index contributed by atoms with van der Waals surface area (Å²) in [6, 6.07) is 1.80. The number of carboxylic acid groups (broad SMARTS) is 1. The van der Waals surface area contributed by atoms with Gasteiger partial charge in [-0.2, -0.15) is 4.31 Å². The number of hydrogen-bond acceptors (Lipinski definition) is 5. The zero-order chi connectivity index (χ0) is 15.2. The number of piperidine rings is 1. The summed E-state index contributed by atoms with van der Waals surface area (Å²) in [4.78, 5) is 22.5. The van der Waals surface area contributed by atoms with Gasteiger partial charge in [-0.15, -0.1) is 0 Å². The summed E-state index contributed by atoms with van der Waals surface area (Å²) in [5.41, 5.74) is 0. The third-order valence-corrected chi connectivity index (χ3v) is 5.70. The Morgan fingerprint density at radius 3 is 2.86 bits per heavy atom. The van der Waals surface area contributed by atoms with Gasteiger partial charge in [0.1, 0.15) is 0 Å². The number of hydrogen-bond donors (Lipinski definition) is 2. The van der Waals surface area contributed by atoms with Crippen LogP contribution in [0.15, 0.2) is 21.6 Å². The largest absolute Gasteiger partial charge is 0.475 e. The van der Waals surface area contributed by atoms with Crippen LogP contribution in [0.1, 0.15) is 23.4 Å². The van der Waals surface area contributed by atoms with Crippen molar-refractivity contribution in [3.63, 3.8) is 0 Å². The zero-order valence-electron chi connectivity index (χ0n) is 11.0. The van der Waals surface area contributed by atoms with E-state index >= 15 is 0 Å². The molecule has 0 radical (unpaired) electrons. The highest BCUT2D eigenvalue weighted by atomic mass is 32.2. The molecule has 3 rings (SSSR count). The fraction of sp³-hybridized carbons (Fsp3) is 0.500.